The highest BCUT2D eigenvalue weighted by Gasteiger charge is 2.31. The predicted molar refractivity (Wildman–Crippen MR) is 93.2 cm³/mol. The largest absolute Gasteiger partial charge is 0.485 e. The number of aliphatic hydroxyl groups is 1. The molecule has 2 rings (SSSR count). The van der Waals surface area contributed by atoms with E-state index in [4.69, 9.17) is 4.74 Å². The number of amides is 1. The van der Waals surface area contributed by atoms with Gasteiger partial charge in [0.2, 0.25) is 0 Å². The zero-order valence-corrected chi connectivity index (χ0v) is 14.8. The van der Waals surface area contributed by atoms with Crippen molar-refractivity contribution >= 4 is 23.5 Å². The second-order valence-electron chi connectivity index (χ2n) is 5.83. The van der Waals surface area contributed by atoms with E-state index in [9.17, 15) is 9.90 Å². The molecule has 2 heterocycles. The van der Waals surface area contributed by atoms with Gasteiger partial charge in [-0.15, -0.1) is 0 Å². The molecule has 6 nitrogen and oxygen atoms in total. The zero-order chi connectivity index (χ0) is 16.8. The van der Waals surface area contributed by atoms with Gasteiger partial charge in [0.25, 0.3) is 5.91 Å². The van der Waals surface area contributed by atoms with E-state index >= 15 is 0 Å². The van der Waals surface area contributed by atoms with Crippen molar-refractivity contribution in [3.63, 3.8) is 0 Å². The van der Waals surface area contributed by atoms with Crippen LogP contribution in [0, 0.1) is 0 Å². The normalized spacial score (nSPS) is 18.8. The number of rotatable bonds is 7. The fraction of sp³-hybridized carbons (Fsp3) is 0.625. The molecule has 2 atom stereocenters. The first-order chi connectivity index (χ1) is 11.0. The maximum Gasteiger partial charge on any atom is 0.251 e. The summed E-state index contributed by atoms with van der Waals surface area (Å²) in [7, 11) is 3.84. The third-order valence-electron chi connectivity index (χ3n) is 3.81. The first-order valence-electron chi connectivity index (χ1n) is 7.77. The SMILES string of the molecule is CSCC[C@@H](O)C(=O)N1CC[C@@H](Oc2cccnc2N(C)C)C1. The topological polar surface area (TPSA) is 65.9 Å². The Labute approximate surface area is 141 Å². The quantitative estimate of drug-likeness (QED) is 0.806. The Balaban J connectivity index is 1.92. The van der Waals surface area contributed by atoms with Crippen molar-refractivity contribution < 1.29 is 14.6 Å². The van der Waals surface area contributed by atoms with Gasteiger partial charge < -0.3 is 19.6 Å². The average Bonchev–Trinajstić information content (AvgIpc) is 3.00. The van der Waals surface area contributed by atoms with Gasteiger partial charge in [-0.2, -0.15) is 11.8 Å². The molecule has 0 saturated carbocycles. The molecule has 0 aliphatic carbocycles. The van der Waals surface area contributed by atoms with E-state index in [1.807, 2.05) is 37.4 Å². The van der Waals surface area contributed by atoms with Gasteiger partial charge in [-0.1, -0.05) is 0 Å². The molecule has 0 radical (unpaired) electrons. The smallest absolute Gasteiger partial charge is 0.251 e. The molecule has 0 spiro atoms. The summed E-state index contributed by atoms with van der Waals surface area (Å²) < 4.78 is 6.03. The Morgan fingerprint density at radius 3 is 3.09 bits per heavy atom. The lowest BCUT2D eigenvalue weighted by Crippen LogP contribution is -2.39. The monoisotopic (exact) mass is 339 g/mol. The van der Waals surface area contributed by atoms with Crippen molar-refractivity contribution in [1.29, 1.82) is 0 Å². The number of thioether (sulfide) groups is 1. The molecule has 0 aromatic carbocycles. The van der Waals surface area contributed by atoms with Gasteiger partial charge in [-0.25, -0.2) is 4.98 Å². The molecule has 23 heavy (non-hydrogen) atoms. The Morgan fingerprint density at radius 1 is 1.61 bits per heavy atom. The number of carbonyl (C=O) groups excluding carboxylic acids is 1. The Bertz CT molecular complexity index is 527. The number of anilines is 1. The molecule has 1 aromatic rings. The van der Waals surface area contributed by atoms with E-state index in [1.165, 1.54) is 0 Å². The summed E-state index contributed by atoms with van der Waals surface area (Å²) in [5.74, 6) is 2.09. The average molecular weight is 339 g/mol. The summed E-state index contributed by atoms with van der Waals surface area (Å²) in [6.07, 6.45) is 3.99. The van der Waals surface area contributed by atoms with E-state index in [1.54, 1.807) is 22.9 Å². The summed E-state index contributed by atoms with van der Waals surface area (Å²) in [6.45, 7) is 1.13. The summed E-state index contributed by atoms with van der Waals surface area (Å²) in [5, 5.41) is 9.94. The predicted octanol–water partition coefficient (Wildman–Crippen LogP) is 1.24. The third kappa shape index (κ3) is 4.75. The maximum absolute atomic E-state index is 12.2. The van der Waals surface area contributed by atoms with Crippen molar-refractivity contribution in [2.45, 2.75) is 25.0 Å². The van der Waals surface area contributed by atoms with Crippen molar-refractivity contribution in [2.24, 2.45) is 0 Å². The van der Waals surface area contributed by atoms with Gasteiger partial charge in [0.1, 0.15) is 12.2 Å². The van der Waals surface area contributed by atoms with Crippen LogP contribution in [0.2, 0.25) is 0 Å². The van der Waals surface area contributed by atoms with Crippen molar-refractivity contribution in [3.05, 3.63) is 18.3 Å². The molecule has 1 aliphatic heterocycles. The van der Waals surface area contributed by atoms with Crippen LogP contribution < -0.4 is 9.64 Å². The van der Waals surface area contributed by atoms with Crippen LogP contribution in [-0.2, 0) is 4.79 Å². The summed E-state index contributed by atoms with van der Waals surface area (Å²) in [4.78, 5) is 20.1. The molecule has 1 amide bonds. The van der Waals surface area contributed by atoms with Gasteiger partial charge in [-0.3, -0.25) is 4.79 Å². The number of likely N-dealkylation sites (tertiary alicyclic amines) is 1. The number of carbonyl (C=O) groups is 1. The highest BCUT2D eigenvalue weighted by atomic mass is 32.2. The van der Waals surface area contributed by atoms with Crippen LogP contribution in [-0.4, -0.2) is 72.3 Å². The van der Waals surface area contributed by atoms with Gasteiger partial charge in [-0.05, 0) is 30.6 Å². The fourth-order valence-corrected chi connectivity index (χ4v) is 3.04. The number of ether oxygens (including phenoxy) is 1. The zero-order valence-electron chi connectivity index (χ0n) is 13.9. The van der Waals surface area contributed by atoms with Gasteiger partial charge in [0.05, 0.1) is 6.54 Å². The van der Waals surface area contributed by atoms with Gasteiger partial charge in [0, 0.05) is 33.3 Å². The van der Waals surface area contributed by atoms with Crippen molar-refractivity contribution in [1.82, 2.24) is 9.88 Å². The third-order valence-corrected chi connectivity index (χ3v) is 4.45. The molecule has 1 saturated heterocycles. The van der Waals surface area contributed by atoms with E-state index in [0.717, 1.165) is 23.7 Å². The minimum atomic E-state index is -0.906. The van der Waals surface area contributed by atoms with E-state index in [0.29, 0.717) is 19.5 Å². The van der Waals surface area contributed by atoms with Crippen LogP contribution in [0.3, 0.4) is 0 Å². The molecule has 7 heteroatoms. The highest BCUT2D eigenvalue weighted by molar-refractivity contribution is 7.98. The maximum atomic E-state index is 12.2. The lowest BCUT2D eigenvalue weighted by Gasteiger charge is -2.21. The number of hydrogen-bond acceptors (Lipinski definition) is 6. The number of aromatic nitrogens is 1. The number of aliphatic hydroxyl groups excluding tert-OH is 1. The van der Waals surface area contributed by atoms with Crippen molar-refractivity contribution in [3.8, 4) is 5.75 Å². The molecule has 1 aliphatic rings. The lowest BCUT2D eigenvalue weighted by molar-refractivity contribution is -0.139. The van der Waals surface area contributed by atoms with Crippen LogP contribution in [0.1, 0.15) is 12.8 Å². The molecule has 128 valence electrons. The minimum absolute atomic E-state index is 0.0606. The van der Waals surface area contributed by atoms with E-state index in [2.05, 4.69) is 4.98 Å². The van der Waals surface area contributed by atoms with Crippen LogP contribution in [0.5, 0.6) is 5.75 Å². The van der Waals surface area contributed by atoms with Crippen LogP contribution in [0.25, 0.3) is 0 Å². The Kier molecular flexibility index (Phi) is 6.53. The Morgan fingerprint density at radius 2 is 2.39 bits per heavy atom. The van der Waals surface area contributed by atoms with Crippen LogP contribution in [0.4, 0.5) is 5.82 Å². The second-order valence-corrected chi connectivity index (χ2v) is 6.82. The van der Waals surface area contributed by atoms with Gasteiger partial charge in [0.15, 0.2) is 11.6 Å². The first-order valence-corrected chi connectivity index (χ1v) is 9.17. The van der Waals surface area contributed by atoms with Crippen molar-refractivity contribution in [2.75, 3.05) is 44.1 Å². The highest BCUT2D eigenvalue weighted by Crippen LogP contribution is 2.26. The van der Waals surface area contributed by atoms with E-state index < -0.39 is 6.10 Å². The number of nitrogens with zero attached hydrogens (tertiary/aromatic N) is 3. The lowest BCUT2D eigenvalue weighted by atomic mass is 10.2. The summed E-state index contributed by atoms with van der Waals surface area (Å²) in [5.41, 5.74) is 0. The number of pyridine rings is 1. The molecular weight excluding hydrogens is 314 g/mol. The molecule has 1 N–H and O–H groups in total. The number of hydrogen-bond donors (Lipinski definition) is 1. The van der Waals surface area contributed by atoms with Crippen LogP contribution in [0.15, 0.2) is 18.3 Å². The van der Waals surface area contributed by atoms with Crippen LogP contribution >= 0.6 is 11.8 Å². The molecular formula is C16H25N3O3S. The summed E-state index contributed by atoms with van der Waals surface area (Å²) in [6, 6.07) is 3.73. The summed E-state index contributed by atoms with van der Waals surface area (Å²) >= 11 is 1.63. The molecule has 0 unspecified atom stereocenters. The molecule has 1 aromatic heterocycles. The molecule has 1 fully saturated rings. The van der Waals surface area contributed by atoms with Gasteiger partial charge >= 0.3 is 0 Å². The second kappa shape index (κ2) is 8.40. The fourth-order valence-electron chi connectivity index (χ4n) is 2.58. The molecule has 0 bridgehead atoms. The minimum Gasteiger partial charge on any atom is -0.485 e. The standard InChI is InChI=1S/C16H25N3O3S/c1-18(2)15-14(5-4-8-17-15)22-12-6-9-19(11-12)16(21)13(20)7-10-23-3/h4-5,8,12-13,20H,6-7,9-11H2,1-3H3/t12-,13-/m1/s1. The Hall–Kier alpha value is -1.47. The first kappa shape index (κ1) is 17.9. The van der Waals surface area contributed by atoms with E-state index in [-0.39, 0.29) is 12.0 Å².